The van der Waals surface area contributed by atoms with Gasteiger partial charge in [0.1, 0.15) is 5.82 Å². The minimum atomic E-state index is 0.609. The summed E-state index contributed by atoms with van der Waals surface area (Å²) in [4.78, 5) is 11.1. The van der Waals surface area contributed by atoms with Gasteiger partial charge in [0.15, 0.2) is 0 Å². The second kappa shape index (κ2) is 8.10. The van der Waals surface area contributed by atoms with Gasteiger partial charge in [-0.05, 0) is 58.3 Å². The molecule has 2 rings (SSSR count). The van der Waals surface area contributed by atoms with Gasteiger partial charge in [-0.3, -0.25) is 0 Å². The van der Waals surface area contributed by atoms with Crippen LogP contribution >= 0.6 is 15.9 Å². The van der Waals surface area contributed by atoms with Crippen LogP contribution in [0.1, 0.15) is 12.1 Å². The van der Waals surface area contributed by atoms with Gasteiger partial charge in [0.25, 0.3) is 0 Å². The van der Waals surface area contributed by atoms with E-state index >= 15 is 0 Å². The molecular weight excluding hydrogens is 342 g/mol. The van der Waals surface area contributed by atoms with E-state index in [4.69, 9.17) is 0 Å². The van der Waals surface area contributed by atoms with Crippen molar-refractivity contribution in [3.05, 3.63) is 40.5 Å². The lowest BCUT2D eigenvalue weighted by Gasteiger charge is -2.12. The molecule has 0 aliphatic heterocycles. The largest absolute Gasteiger partial charge is 0.370 e. The van der Waals surface area contributed by atoms with E-state index in [1.807, 2.05) is 37.3 Å². The SMILES string of the molecule is Cc1cc(NCCCN(C)C)nc(Nc2ccc(Br)cc2)n1. The zero-order valence-corrected chi connectivity index (χ0v) is 14.8. The molecule has 22 heavy (non-hydrogen) atoms. The summed E-state index contributed by atoms with van der Waals surface area (Å²) in [6.45, 7) is 3.92. The Hall–Kier alpha value is -1.66. The van der Waals surface area contributed by atoms with Crippen molar-refractivity contribution in [1.29, 1.82) is 0 Å². The Morgan fingerprint density at radius 2 is 1.86 bits per heavy atom. The monoisotopic (exact) mass is 363 g/mol. The van der Waals surface area contributed by atoms with Gasteiger partial charge in [0.2, 0.25) is 5.95 Å². The highest BCUT2D eigenvalue weighted by molar-refractivity contribution is 9.10. The fourth-order valence-corrected chi connectivity index (χ4v) is 2.25. The van der Waals surface area contributed by atoms with E-state index in [-0.39, 0.29) is 0 Å². The highest BCUT2D eigenvalue weighted by atomic mass is 79.9. The molecule has 0 radical (unpaired) electrons. The van der Waals surface area contributed by atoms with E-state index in [1.165, 1.54) is 0 Å². The molecule has 0 saturated carbocycles. The van der Waals surface area contributed by atoms with Crippen LogP contribution in [0.25, 0.3) is 0 Å². The molecule has 1 heterocycles. The van der Waals surface area contributed by atoms with Gasteiger partial charge < -0.3 is 15.5 Å². The van der Waals surface area contributed by atoms with Crippen molar-refractivity contribution in [3.63, 3.8) is 0 Å². The van der Waals surface area contributed by atoms with Crippen LogP contribution in [0.2, 0.25) is 0 Å². The molecule has 0 aliphatic rings. The molecule has 6 heteroatoms. The van der Waals surface area contributed by atoms with Crippen LogP contribution in [0.4, 0.5) is 17.5 Å². The third-order valence-corrected chi connectivity index (χ3v) is 3.57. The molecule has 0 atom stereocenters. The van der Waals surface area contributed by atoms with E-state index in [2.05, 4.69) is 55.5 Å². The molecule has 2 aromatic rings. The lowest BCUT2D eigenvalue weighted by atomic mass is 10.3. The Morgan fingerprint density at radius 3 is 2.55 bits per heavy atom. The van der Waals surface area contributed by atoms with Gasteiger partial charge >= 0.3 is 0 Å². The van der Waals surface area contributed by atoms with Crippen molar-refractivity contribution in [2.45, 2.75) is 13.3 Å². The fourth-order valence-electron chi connectivity index (χ4n) is 1.99. The Labute approximate surface area is 140 Å². The molecule has 0 aliphatic carbocycles. The second-order valence-corrected chi connectivity index (χ2v) is 6.35. The molecule has 0 fully saturated rings. The number of hydrogen-bond acceptors (Lipinski definition) is 5. The molecule has 2 N–H and O–H groups in total. The zero-order chi connectivity index (χ0) is 15.9. The maximum Gasteiger partial charge on any atom is 0.229 e. The first kappa shape index (κ1) is 16.7. The average Bonchev–Trinajstić information content (AvgIpc) is 2.45. The molecule has 1 aromatic carbocycles. The van der Waals surface area contributed by atoms with Crippen molar-refractivity contribution < 1.29 is 0 Å². The first-order chi connectivity index (χ1) is 10.5. The third kappa shape index (κ3) is 5.61. The number of nitrogens with one attached hydrogen (secondary N) is 2. The molecular formula is C16H22BrN5. The van der Waals surface area contributed by atoms with Crippen molar-refractivity contribution in [1.82, 2.24) is 14.9 Å². The number of nitrogens with zero attached hydrogens (tertiary/aromatic N) is 3. The predicted octanol–water partition coefficient (Wildman–Crippen LogP) is 3.65. The standard InChI is InChI=1S/C16H22BrN5/c1-12-11-15(18-9-4-10-22(2)3)21-16(19-12)20-14-7-5-13(17)6-8-14/h5-8,11H,4,9-10H2,1-3H3,(H2,18,19,20,21). The Balaban J connectivity index is 1.98. The Bertz CT molecular complexity index is 598. The maximum atomic E-state index is 4.51. The van der Waals surface area contributed by atoms with Gasteiger partial charge in [-0.25, -0.2) is 4.98 Å². The smallest absolute Gasteiger partial charge is 0.229 e. The van der Waals surface area contributed by atoms with E-state index in [9.17, 15) is 0 Å². The summed E-state index contributed by atoms with van der Waals surface area (Å²) in [5, 5.41) is 6.58. The van der Waals surface area contributed by atoms with Gasteiger partial charge in [-0.2, -0.15) is 4.98 Å². The van der Waals surface area contributed by atoms with Crippen molar-refractivity contribution in [2.75, 3.05) is 37.8 Å². The van der Waals surface area contributed by atoms with Gasteiger partial charge in [0.05, 0.1) is 0 Å². The lowest BCUT2D eigenvalue weighted by Crippen LogP contribution is -2.16. The number of rotatable bonds is 7. The van der Waals surface area contributed by atoms with Crippen LogP contribution in [0.5, 0.6) is 0 Å². The van der Waals surface area contributed by atoms with E-state index in [1.54, 1.807) is 0 Å². The van der Waals surface area contributed by atoms with Gasteiger partial charge in [0, 0.05) is 28.5 Å². The topological polar surface area (TPSA) is 53.1 Å². The molecule has 0 spiro atoms. The third-order valence-electron chi connectivity index (χ3n) is 3.04. The molecule has 1 aromatic heterocycles. The van der Waals surface area contributed by atoms with Crippen LogP contribution in [-0.2, 0) is 0 Å². The number of anilines is 3. The highest BCUT2D eigenvalue weighted by Crippen LogP contribution is 2.18. The summed E-state index contributed by atoms with van der Waals surface area (Å²) in [6, 6.07) is 9.90. The zero-order valence-electron chi connectivity index (χ0n) is 13.2. The molecule has 0 bridgehead atoms. The normalized spacial score (nSPS) is 10.8. The maximum absolute atomic E-state index is 4.51. The van der Waals surface area contributed by atoms with Crippen LogP contribution in [0.15, 0.2) is 34.8 Å². The van der Waals surface area contributed by atoms with E-state index in [0.29, 0.717) is 5.95 Å². The van der Waals surface area contributed by atoms with Gasteiger partial charge in [-0.1, -0.05) is 15.9 Å². The molecule has 0 saturated heterocycles. The molecule has 0 amide bonds. The number of benzene rings is 1. The summed E-state index contributed by atoms with van der Waals surface area (Å²) in [5.41, 5.74) is 1.90. The highest BCUT2D eigenvalue weighted by Gasteiger charge is 2.03. The number of hydrogen-bond donors (Lipinski definition) is 2. The van der Waals surface area contributed by atoms with E-state index < -0.39 is 0 Å². The predicted molar refractivity (Wildman–Crippen MR) is 95.9 cm³/mol. The van der Waals surface area contributed by atoms with Crippen LogP contribution in [0, 0.1) is 6.92 Å². The Morgan fingerprint density at radius 1 is 1.14 bits per heavy atom. The summed E-state index contributed by atoms with van der Waals surface area (Å²) in [7, 11) is 4.16. The Kier molecular flexibility index (Phi) is 6.15. The quantitative estimate of drug-likeness (QED) is 0.735. The first-order valence-electron chi connectivity index (χ1n) is 7.30. The van der Waals surface area contributed by atoms with Crippen molar-refractivity contribution >= 4 is 33.4 Å². The summed E-state index contributed by atoms with van der Waals surface area (Å²) >= 11 is 3.43. The first-order valence-corrected chi connectivity index (χ1v) is 8.09. The summed E-state index contributed by atoms with van der Waals surface area (Å²) < 4.78 is 1.05. The molecule has 5 nitrogen and oxygen atoms in total. The fraction of sp³-hybridized carbons (Fsp3) is 0.375. The number of aromatic nitrogens is 2. The summed E-state index contributed by atoms with van der Waals surface area (Å²) in [5.74, 6) is 1.46. The lowest BCUT2D eigenvalue weighted by molar-refractivity contribution is 0.405. The molecule has 118 valence electrons. The minimum absolute atomic E-state index is 0.609. The molecule has 0 unspecified atom stereocenters. The second-order valence-electron chi connectivity index (χ2n) is 5.43. The van der Waals surface area contributed by atoms with Gasteiger partial charge in [-0.15, -0.1) is 0 Å². The number of aryl methyl sites for hydroxylation is 1. The van der Waals surface area contributed by atoms with E-state index in [0.717, 1.165) is 41.2 Å². The van der Waals surface area contributed by atoms with Crippen molar-refractivity contribution in [2.24, 2.45) is 0 Å². The van der Waals surface area contributed by atoms with Crippen LogP contribution in [-0.4, -0.2) is 42.1 Å². The van der Waals surface area contributed by atoms with Crippen LogP contribution < -0.4 is 10.6 Å². The van der Waals surface area contributed by atoms with Crippen LogP contribution in [0.3, 0.4) is 0 Å². The average molecular weight is 364 g/mol. The number of halogens is 1. The minimum Gasteiger partial charge on any atom is -0.370 e. The van der Waals surface area contributed by atoms with Crippen molar-refractivity contribution in [3.8, 4) is 0 Å². The summed E-state index contributed by atoms with van der Waals surface area (Å²) in [6.07, 6.45) is 1.07.